The molecule has 0 radical (unpaired) electrons. The Morgan fingerprint density at radius 1 is 1.19 bits per heavy atom. The van der Waals surface area contributed by atoms with E-state index in [1.165, 1.54) is 4.80 Å². The largest absolute Gasteiger partial charge is 0.350 e. The van der Waals surface area contributed by atoms with E-state index >= 15 is 0 Å². The molecule has 2 N–H and O–H groups in total. The number of hydrogen-bond acceptors (Lipinski definition) is 5. The van der Waals surface area contributed by atoms with Crippen molar-refractivity contribution in [2.24, 2.45) is 0 Å². The van der Waals surface area contributed by atoms with E-state index in [1.807, 2.05) is 55.5 Å². The van der Waals surface area contributed by atoms with Crippen LogP contribution in [0.1, 0.15) is 11.4 Å². The molecule has 130 valence electrons. The highest BCUT2D eigenvalue weighted by Gasteiger charge is 2.10. The first-order valence-electron chi connectivity index (χ1n) is 8.22. The Morgan fingerprint density at radius 2 is 2.04 bits per heavy atom. The lowest BCUT2D eigenvalue weighted by Crippen LogP contribution is -2.28. The molecule has 4 aromatic rings. The summed E-state index contributed by atoms with van der Waals surface area (Å²) >= 11 is 0. The molecule has 26 heavy (non-hydrogen) atoms. The number of imidazole rings is 1. The second-order valence-corrected chi connectivity index (χ2v) is 5.96. The van der Waals surface area contributed by atoms with Crippen molar-refractivity contribution in [1.29, 1.82) is 0 Å². The van der Waals surface area contributed by atoms with Crippen LogP contribution in [0, 0.1) is 6.92 Å². The van der Waals surface area contributed by atoms with Crippen LogP contribution in [0.4, 0.5) is 0 Å². The summed E-state index contributed by atoms with van der Waals surface area (Å²) < 4.78 is 0. The molecule has 8 nitrogen and oxygen atoms in total. The topological polar surface area (TPSA) is 101 Å². The first-order valence-corrected chi connectivity index (χ1v) is 8.22. The third-order valence-corrected chi connectivity index (χ3v) is 3.93. The summed E-state index contributed by atoms with van der Waals surface area (Å²) in [6, 6.07) is 15.4. The van der Waals surface area contributed by atoms with Gasteiger partial charge in [-0.1, -0.05) is 30.3 Å². The normalized spacial score (nSPS) is 11.0. The zero-order valence-electron chi connectivity index (χ0n) is 14.2. The number of aryl methyl sites for hydroxylation is 1. The highest BCUT2D eigenvalue weighted by Crippen LogP contribution is 2.19. The third-order valence-electron chi connectivity index (χ3n) is 3.93. The average molecular weight is 347 g/mol. The predicted molar refractivity (Wildman–Crippen MR) is 95.9 cm³/mol. The van der Waals surface area contributed by atoms with E-state index in [4.69, 9.17) is 0 Å². The van der Waals surface area contributed by atoms with Gasteiger partial charge < -0.3 is 10.3 Å². The van der Waals surface area contributed by atoms with Gasteiger partial charge in [-0.3, -0.25) is 4.79 Å². The molecule has 0 aliphatic carbocycles. The predicted octanol–water partition coefficient (Wildman–Crippen LogP) is 1.84. The number of rotatable bonds is 5. The molecule has 1 amide bonds. The Labute approximate surface area is 149 Å². The molecule has 2 heterocycles. The van der Waals surface area contributed by atoms with Crippen molar-refractivity contribution in [2.75, 3.05) is 0 Å². The Hall–Kier alpha value is -3.55. The summed E-state index contributed by atoms with van der Waals surface area (Å²) in [6.45, 7) is 2.39. The van der Waals surface area contributed by atoms with Crippen molar-refractivity contribution in [3.8, 4) is 11.4 Å². The van der Waals surface area contributed by atoms with Crippen molar-refractivity contribution < 1.29 is 4.79 Å². The Bertz CT molecular complexity index is 1050. The van der Waals surface area contributed by atoms with Crippen LogP contribution in [0.5, 0.6) is 0 Å². The van der Waals surface area contributed by atoms with E-state index in [9.17, 15) is 4.79 Å². The summed E-state index contributed by atoms with van der Waals surface area (Å²) in [5.41, 5.74) is 3.66. The minimum atomic E-state index is -0.169. The fourth-order valence-electron chi connectivity index (χ4n) is 2.68. The number of amides is 1. The van der Waals surface area contributed by atoms with Crippen molar-refractivity contribution >= 4 is 16.9 Å². The maximum Gasteiger partial charge on any atom is 0.243 e. The number of carbonyl (C=O) groups is 1. The van der Waals surface area contributed by atoms with Crippen LogP contribution in [0.3, 0.4) is 0 Å². The van der Waals surface area contributed by atoms with Gasteiger partial charge in [-0.2, -0.15) is 4.80 Å². The smallest absolute Gasteiger partial charge is 0.243 e. The first kappa shape index (κ1) is 15.9. The van der Waals surface area contributed by atoms with Gasteiger partial charge in [-0.15, -0.1) is 10.2 Å². The van der Waals surface area contributed by atoms with Crippen LogP contribution in [0.2, 0.25) is 0 Å². The van der Waals surface area contributed by atoms with Crippen molar-refractivity contribution in [3.05, 3.63) is 59.9 Å². The number of fused-ring (bicyclic) bond motifs is 1. The fraction of sp³-hybridized carbons (Fsp3) is 0.167. The second kappa shape index (κ2) is 6.75. The van der Waals surface area contributed by atoms with Crippen molar-refractivity contribution in [1.82, 2.24) is 35.5 Å². The van der Waals surface area contributed by atoms with Crippen LogP contribution in [0.25, 0.3) is 22.4 Å². The molecular formula is C18H17N7O. The first-order chi connectivity index (χ1) is 12.7. The highest BCUT2D eigenvalue weighted by atomic mass is 16.2. The molecule has 0 aliphatic rings. The molecule has 0 saturated heterocycles. The van der Waals surface area contributed by atoms with Crippen LogP contribution in [-0.2, 0) is 17.9 Å². The summed E-state index contributed by atoms with van der Waals surface area (Å²) in [7, 11) is 0. The Morgan fingerprint density at radius 3 is 2.88 bits per heavy atom. The summed E-state index contributed by atoms with van der Waals surface area (Å²) in [5, 5.41) is 15.1. The lowest BCUT2D eigenvalue weighted by atomic mass is 10.2. The van der Waals surface area contributed by atoms with Gasteiger partial charge in [-0.25, -0.2) is 4.98 Å². The molecule has 0 saturated carbocycles. The van der Waals surface area contributed by atoms with Gasteiger partial charge in [0.2, 0.25) is 11.7 Å². The summed E-state index contributed by atoms with van der Waals surface area (Å²) in [5.74, 6) is 1.15. The Kier molecular flexibility index (Phi) is 4.14. The molecule has 0 spiro atoms. The third kappa shape index (κ3) is 3.44. The number of H-pyrrole nitrogens is 1. The van der Waals surface area contributed by atoms with Gasteiger partial charge >= 0.3 is 0 Å². The molecule has 0 bridgehead atoms. The molecule has 0 aliphatic heterocycles. The SMILES string of the molecule is Cc1nc2ccc(-c3nnn(CC(=O)NCc4ccccc4)n3)cc2[nH]1. The number of benzene rings is 2. The van der Waals surface area contributed by atoms with Gasteiger partial charge in [0.05, 0.1) is 11.0 Å². The average Bonchev–Trinajstić information content (AvgIpc) is 3.25. The standard InChI is InChI=1S/C18H17N7O/c1-12-20-15-8-7-14(9-16(15)21-12)18-22-24-25(23-18)11-17(26)19-10-13-5-3-2-4-6-13/h2-9H,10-11H2,1H3,(H,19,26)(H,20,21). The van der Waals surface area contributed by atoms with E-state index in [-0.39, 0.29) is 12.5 Å². The second-order valence-electron chi connectivity index (χ2n) is 5.96. The molecule has 2 aromatic carbocycles. The molecule has 2 aromatic heterocycles. The molecule has 0 unspecified atom stereocenters. The van der Waals surface area contributed by atoms with Crippen LogP contribution in [-0.4, -0.2) is 36.1 Å². The van der Waals surface area contributed by atoms with Gasteiger partial charge in [0, 0.05) is 12.1 Å². The zero-order valence-corrected chi connectivity index (χ0v) is 14.2. The molecule has 0 atom stereocenters. The molecule has 4 rings (SSSR count). The van der Waals surface area contributed by atoms with E-state index in [1.54, 1.807) is 0 Å². The zero-order chi connectivity index (χ0) is 17.9. The van der Waals surface area contributed by atoms with Crippen LogP contribution in [0.15, 0.2) is 48.5 Å². The number of nitrogens with one attached hydrogen (secondary N) is 2. The maximum absolute atomic E-state index is 12.1. The lowest BCUT2D eigenvalue weighted by Gasteiger charge is -2.04. The van der Waals surface area contributed by atoms with Gasteiger partial charge in [0.1, 0.15) is 12.4 Å². The quantitative estimate of drug-likeness (QED) is 0.574. The van der Waals surface area contributed by atoms with E-state index in [0.717, 1.165) is 28.0 Å². The number of tetrazole rings is 1. The van der Waals surface area contributed by atoms with Gasteiger partial charge in [0.25, 0.3) is 0 Å². The highest BCUT2D eigenvalue weighted by molar-refractivity contribution is 5.80. The van der Waals surface area contributed by atoms with E-state index in [0.29, 0.717) is 12.4 Å². The van der Waals surface area contributed by atoms with Gasteiger partial charge in [-0.05, 0) is 35.9 Å². The van der Waals surface area contributed by atoms with Gasteiger partial charge in [0.15, 0.2) is 0 Å². The van der Waals surface area contributed by atoms with Crippen LogP contribution < -0.4 is 5.32 Å². The molecule has 0 fully saturated rings. The number of aromatic amines is 1. The minimum absolute atomic E-state index is 0.0191. The van der Waals surface area contributed by atoms with E-state index < -0.39 is 0 Å². The number of nitrogens with zero attached hydrogens (tertiary/aromatic N) is 5. The monoisotopic (exact) mass is 347 g/mol. The Balaban J connectivity index is 1.42. The summed E-state index contributed by atoms with van der Waals surface area (Å²) in [4.78, 5) is 20.9. The number of hydrogen-bond donors (Lipinski definition) is 2. The molecule has 8 heteroatoms. The van der Waals surface area contributed by atoms with Crippen molar-refractivity contribution in [2.45, 2.75) is 20.0 Å². The van der Waals surface area contributed by atoms with Crippen molar-refractivity contribution in [3.63, 3.8) is 0 Å². The summed E-state index contributed by atoms with van der Waals surface area (Å²) in [6.07, 6.45) is 0. The fourth-order valence-corrected chi connectivity index (χ4v) is 2.68. The van der Waals surface area contributed by atoms with Crippen LogP contribution >= 0.6 is 0 Å². The lowest BCUT2D eigenvalue weighted by molar-refractivity contribution is -0.122. The number of carbonyl (C=O) groups excluding carboxylic acids is 1. The maximum atomic E-state index is 12.1. The number of aromatic nitrogens is 6. The van der Waals surface area contributed by atoms with E-state index in [2.05, 4.69) is 30.7 Å². The minimum Gasteiger partial charge on any atom is -0.350 e. The molecular weight excluding hydrogens is 330 g/mol.